The molecule has 0 saturated carbocycles. The molecule has 0 amide bonds. The molecule has 184 valence electrons. The van der Waals surface area contributed by atoms with Gasteiger partial charge in [0.05, 0.1) is 34.0 Å². The molecule has 9 nitrogen and oxygen atoms in total. The van der Waals surface area contributed by atoms with Gasteiger partial charge in [-0.1, -0.05) is 12.1 Å². The van der Waals surface area contributed by atoms with Gasteiger partial charge in [0, 0.05) is 11.5 Å². The van der Waals surface area contributed by atoms with Crippen molar-refractivity contribution in [2.24, 2.45) is 0 Å². The van der Waals surface area contributed by atoms with Crippen LogP contribution in [0.2, 0.25) is 0 Å². The molecule has 2 aromatic carbocycles. The third kappa shape index (κ3) is 4.63. The van der Waals surface area contributed by atoms with Crippen molar-refractivity contribution in [3.05, 3.63) is 54.7 Å². The third-order valence-corrected chi connectivity index (χ3v) is 9.41. The summed E-state index contributed by atoms with van der Waals surface area (Å²) in [4.78, 5) is 8.94. The van der Waals surface area contributed by atoms with Gasteiger partial charge in [-0.2, -0.15) is 9.97 Å². The number of rotatable bonds is 7. The molecule has 4 rings (SSSR count). The van der Waals surface area contributed by atoms with Crippen molar-refractivity contribution in [2.75, 3.05) is 31.5 Å². The fourth-order valence-electron chi connectivity index (χ4n) is 3.72. The summed E-state index contributed by atoms with van der Waals surface area (Å²) in [5.74, 6) is 0.926. The van der Waals surface area contributed by atoms with Crippen molar-refractivity contribution in [1.29, 1.82) is 0 Å². The standard InChI is InChI=1S/C24H28N5O4PS/c1-15(2)35(31,32)21-9-7-6-8-18(21)26-22-17-12-13-29(23(17)28-24(25)27-22)19-11-10-16(34(4,5)30)14-20(19)33-3/h6-15H,1-5H3,(H3,25,26,27,28). The number of fused-ring (bicyclic) bond motifs is 1. The van der Waals surface area contributed by atoms with Crippen molar-refractivity contribution in [2.45, 2.75) is 24.0 Å². The Morgan fingerprint density at radius 2 is 1.80 bits per heavy atom. The fourth-order valence-corrected chi connectivity index (χ4v) is 5.78. The van der Waals surface area contributed by atoms with Crippen LogP contribution in [-0.2, 0) is 14.4 Å². The number of sulfone groups is 1. The molecule has 0 atom stereocenters. The second kappa shape index (κ2) is 9.02. The molecule has 0 saturated heterocycles. The number of benzene rings is 2. The van der Waals surface area contributed by atoms with Gasteiger partial charge in [0.25, 0.3) is 0 Å². The van der Waals surface area contributed by atoms with Gasteiger partial charge in [0.15, 0.2) is 15.5 Å². The van der Waals surface area contributed by atoms with Crippen molar-refractivity contribution < 1.29 is 17.7 Å². The topological polar surface area (TPSA) is 129 Å². The van der Waals surface area contributed by atoms with Crippen LogP contribution in [-0.4, -0.2) is 48.6 Å². The molecular weight excluding hydrogens is 485 g/mol. The van der Waals surface area contributed by atoms with E-state index in [0.717, 1.165) is 0 Å². The molecule has 0 aliphatic carbocycles. The number of ether oxygens (including phenoxy) is 1. The van der Waals surface area contributed by atoms with Crippen LogP contribution in [0.25, 0.3) is 16.7 Å². The molecule has 11 heteroatoms. The maximum Gasteiger partial charge on any atom is 0.224 e. The zero-order valence-electron chi connectivity index (χ0n) is 20.2. The first-order valence-corrected chi connectivity index (χ1v) is 15.1. The maximum atomic E-state index is 12.9. The minimum Gasteiger partial charge on any atom is -0.495 e. The number of hydrogen-bond acceptors (Lipinski definition) is 8. The van der Waals surface area contributed by atoms with Gasteiger partial charge in [-0.3, -0.25) is 4.57 Å². The summed E-state index contributed by atoms with van der Waals surface area (Å²) >= 11 is 0. The van der Waals surface area contributed by atoms with Crippen LogP contribution >= 0.6 is 7.14 Å². The first kappa shape index (κ1) is 24.8. The molecule has 0 unspecified atom stereocenters. The Balaban J connectivity index is 1.85. The van der Waals surface area contributed by atoms with E-state index in [-0.39, 0.29) is 10.8 Å². The predicted molar refractivity (Wildman–Crippen MR) is 141 cm³/mol. The molecule has 2 aromatic heterocycles. The van der Waals surface area contributed by atoms with Crippen LogP contribution in [0.1, 0.15) is 13.8 Å². The number of nitrogens with one attached hydrogen (secondary N) is 1. The molecule has 4 aromatic rings. The van der Waals surface area contributed by atoms with Gasteiger partial charge in [0.1, 0.15) is 18.7 Å². The average molecular weight is 514 g/mol. The Morgan fingerprint density at radius 3 is 2.46 bits per heavy atom. The highest BCUT2D eigenvalue weighted by Gasteiger charge is 2.24. The van der Waals surface area contributed by atoms with Gasteiger partial charge in [0.2, 0.25) is 5.95 Å². The molecule has 2 heterocycles. The number of nitrogen functional groups attached to an aromatic ring is 1. The number of aromatic nitrogens is 3. The van der Waals surface area contributed by atoms with E-state index in [1.165, 1.54) is 0 Å². The molecule has 35 heavy (non-hydrogen) atoms. The minimum atomic E-state index is -3.54. The van der Waals surface area contributed by atoms with Crippen LogP contribution in [0, 0.1) is 0 Å². The minimum absolute atomic E-state index is 0.0198. The highest BCUT2D eigenvalue weighted by Crippen LogP contribution is 2.38. The van der Waals surface area contributed by atoms with Crippen LogP contribution in [0.4, 0.5) is 17.5 Å². The normalized spacial score (nSPS) is 12.3. The summed E-state index contributed by atoms with van der Waals surface area (Å²) < 4.78 is 45.7. The van der Waals surface area contributed by atoms with Gasteiger partial charge < -0.3 is 20.4 Å². The second-order valence-corrected chi connectivity index (χ2v) is 14.5. The largest absolute Gasteiger partial charge is 0.495 e. The zero-order valence-corrected chi connectivity index (χ0v) is 21.9. The van der Waals surface area contributed by atoms with Crippen molar-refractivity contribution >= 4 is 50.8 Å². The maximum absolute atomic E-state index is 12.9. The first-order chi connectivity index (χ1) is 16.4. The average Bonchev–Trinajstić information content (AvgIpc) is 3.21. The van der Waals surface area contributed by atoms with Crippen LogP contribution in [0.15, 0.2) is 59.6 Å². The monoisotopic (exact) mass is 513 g/mol. The number of anilines is 3. The van der Waals surface area contributed by atoms with Crippen molar-refractivity contribution in [3.8, 4) is 11.4 Å². The van der Waals surface area contributed by atoms with E-state index in [4.69, 9.17) is 10.5 Å². The van der Waals surface area contributed by atoms with Crippen LogP contribution in [0.5, 0.6) is 5.75 Å². The lowest BCUT2D eigenvalue weighted by molar-refractivity contribution is 0.413. The number of nitrogens with zero attached hydrogens (tertiary/aromatic N) is 3. The summed E-state index contributed by atoms with van der Waals surface area (Å²) in [6.07, 6.45) is 1.80. The second-order valence-electron chi connectivity index (χ2n) is 8.78. The van der Waals surface area contributed by atoms with E-state index < -0.39 is 22.2 Å². The Kier molecular flexibility index (Phi) is 6.38. The first-order valence-electron chi connectivity index (χ1n) is 10.9. The molecule has 0 fully saturated rings. The van der Waals surface area contributed by atoms with Gasteiger partial charge in [-0.15, -0.1) is 0 Å². The van der Waals surface area contributed by atoms with E-state index in [1.54, 1.807) is 81.4 Å². The van der Waals surface area contributed by atoms with Crippen molar-refractivity contribution in [3.63, 3.8) is 0 Å². The van der Waals surface area contributed by atoms with Crippen LogP contribution in [0.3, 0.4) is 0 Å². The lowest BCUT2D eigenvalue weighted by Crippen LogP contribution is -2.15. The molecule has 0 radical (unpaired) electrons. The number of methoxy groups -OCH3 is 1. The van der Waals surface area contributed by atoms with E-state index in [9.17, 15) is 13.0 Å². The summed E-state index contributed by atoms with van der Waals surface area (Å²) in [6, 6.07) is 13.9. The summed E-state index contributed by atoms with van der Waals surface area (Å²) in [6.45, 7) is 6.69. The summed E-state index contributed by atoms with van der Waals surface area (Å²) in [5.41, 5.74) is 7.64. The third-order valence-electron chi connectivity index (χ3n) is 5.67. The highest BCUT2D eigenvalue weighted by molar-refractivity contribution is 7.92. The summed E-state index contributed by atoms with van der Waals surface area (Å²) in [7, 11) is -4.46. The SMILES string of the molecule is COc1cc(P(C)(C)=O)ccc1-n1ccc2c(Nc3ccccc3S(=O)(=O)C(C)C)nc(N)nc21. The summed E-state index contributed by atoms with van der Waals surface area (Å²) in [5, 5.41) is 3.90. The highest BCUT2D eigenvalue weighted by atomic mass is 32.2. The quantitative estimate of drug-likeness (QED) is 0.352. The van der Waals surface area contributed by atoms with E-state index in [0.29, 0.717) is 39.3 Å². The Morgan fingerprint density at radius 1 is 1.09 bits per heavy atom. The fraction of sp³-hybridized carbons (Fsp3) is 0.250. The van der Waals surface area contributed by atoms with Gasteiger partial charge in [-0.25, -0.2) is 8.42 Å². The lowest BCUT2D eigenvalue weighted by atomic mass is 10.3. The molecule has 0 aliphatic heterocycles. The number of nitrogens with two attached hydrogens (primary N) is 1. The molecular formula is C24H28N5O4PS. The van der Waals surface area contributed by atoms with Gasteiger partial charge in [-0.05, 0) is 63.6 Å². The van der Waals surface area contributed by atoms with Crippen LogP contribution < -0.4 is 21.1 Å². The Bertz CT molecular complexity index is 1570. The van der Waals surface area contributed by atoms with Crippen molar-refractivity contribution in [1.82, 2.24) is 14.5 Å². The Labute approximate surface area is 204 Å². The number of hydrogen-bond donors (Lipinski definition) is 2. The van der Waals surface area contributed by atoms with E-state index in [2.05, 4.69) is 15.3 Å². The number of para-hydroxylation sites is 1. The predicted octanol–water partition coefficient (Wildman–Crippen LogP) is 4.19. The van der Waals surface area contributed by atoms with E-state index >= 15 is 0 Å². The lowest BCUT2D eigenvalue weighted by Gasteiger charge is -2.16. The molecule has 0 aliphatic rings. The molecule has 0 bridgehead atoms. The molecule has 0 spiro atoms. The van der Waals surface area contributed by atoms with E-state index in [1.807, 2.05) is 12.1 Å². The van der Waals surface area contributed by atoms with Gasteiger partial charge >= 0.3 is 0 Å². The molecule has 3 N–H and O–H groups in total. The zero-order chi connectivity index (χ0) is 25.5. The smallest absolute Gasteiger partial charge is 0.224 e. The Hall–Kier alpha value is -3.36.